The first-order valence-electron chi connectivity index (χ1n) is 7.87. The van der Waals surface area contributed by atoms with Gasteiger partial charge in [-0.05, 0) is 18.4 Å². The fourth-order valence-electron chi connectivity index (χ4n) is 2.80. The summed E-state index contributed by atoms with van der Waals surface area (Å²) < 4.78 is 5.33. The molecule has 3 rings (SSSR count). The highest BCUT2D eigenvalue weighted by atomic mass is 16.6. The molecular formula is C17H19N3O4. The Bertz CT molecular complexity index is 706. The predicted octanol–water partition coefficient (Wildman–Crippen LogP) is 2.62. The fraction of sp³-hybridized carbons (Fsp3) is 0.353. The second kappa shape index (κ2) is 7.16. The molecule has 2 N–H and O–H groups in total. The number of ether oxygens (including phenoxy) is 1. The SMILES string of the molecule is O=C(O)c1cnc(C2CCN(C(=O)OCc3ccccc3)CC2)[nH]1. The van der Waals surface area contributed by atoms with E-state index >= 15 is 0 Å². The van der Waals surface area contributed by atoms with Gasteiger partial charge in [0.1, 0.15) is 18.1 Å². The highest BCUT2D eigenvalue weighted by molar-refractivity contribution is 5.85. The molecule has 0 atom stereocenters. The molecule has 0 unspecified atom stereocenters. The van der Waals surface area contributed by atoms with Crippen LogP contribution in [-0.2, 0) is 11.3 Å². The summed E-state index contributed by atoms with van der Waals surface area (Å²) in [4.78, 5) is 31.6. The quantitative estimate of drug-likeness (QED) is 0.899. The molecule has 2 aromatic rings. The van der Waals surface area contributed by atoms with E-state index in [2.05, 4.69) is 9.97 Å². The first-order valence-corrected chi connectivity index (χ1v) is 7.87. The molecular weight excluding hydrogens is 310 g/mol. The molecule has 0 radical (unpaired) electrons. The molecule has 1 saturated heterocycles. The summed E-state index contributed by atoms with van der Waals surface area (Å²) >= 11 is 0. The first-order chi connectivity index (χ1) is 11.6. The van der Waals surface area contributed by atoms with Gasteiger partial charge in [0.15, 0.2) is 0 Å². The Morgan fingerprint density at radius 2 is 1.96 bits per heavy atom. The van der Waals surface area contributed by atoms with Crippen molar-refractivity contribution in [2.45, 2.75) is 25.4 Å². The van der Waals surface area contributed by atoms with Gasteiger partial charge in [-0.1, -0.05) is 30.3 Å². The molecule has 2 heterocycles. The Morgan fingerprint density at radius 3 is 2.58 bits per heavy atom. The molecule has 0 spiro atoms. The van der Waals surface area contributed by atoms with Crippen LogP contribution in [-0.4, -0.2) is 45.1 Å². The van der Waals surface area contributed by atoms with Crippen molar-refractivity contribution in [1.29, 1.82) is 0 Å². The molecule has 0 bridgehead atoms. The lowest BCUT2D eigenvalue weighted by molar-refractivity contribution is 0.0691. The molecule has 24 heavy (non-hydrogen) atoms. The lowest BCUT2D eigenvalue weighted by Crippen LogP contribution is -2.38. The minimum atomic E-state index is -1.02. The predicted molar refractivity (Wildman–Crippen MR) is 85.7 cm³/mol. The topological polar surface area (TPSA) is 95.5 Å². The van der Waals surface area contributed by atoms with E-state index in [9.17, 15) is 9.59 Å². The molecule has 1 fully saturated rings. The summed E-state index contributed by atoms with van der Waals surface area (Å²) in [5.74, 6) is -0.211. The Labute approximate surface area is 139 Å². The van der Waals surface area contributed by atoms with E-state index in [-0.39, 0.29) is 24.3 Å². The van der Waals surface area contributed by atoms with Crippen molar-refractivity contribution < 1.29 is 19.4 Å². The van der Waals surface area contributed by atoms with E-state index in [1.54, 1.807) is 4.90 Å². The number of carbonyl (C=O) groups excluding carboxylic acids is 1. The summed E-state index contributed by atoms with van der Waals surface area (Å²) in [6, 6.07) is 9.56. The zero-order valence-electron chi connectivity index (χ0n) is 13.1. The van der Waals surface area contributed by atoms with Crippen LogP contribution in [0.5, 0.6) is 0 Å². The van der Waals surface area contributed by atoms with Crippen molar-refractivity contribution in [3.8, 4) is 0 Å². The second-order valence-corrected chi connectivity index (χ2v) is 5.79. The Morgan fingerprint density at radius 1 is 1.25 bits per heavy atom. The number of hydrogen-bond donors (Lipinski definition) is 2. The number of carboxylic acid groups (broad SMARTS) is 1. The van der Waals surface area contributed by atoms with Gasteiger partial charge in [0.05, 0.1) is 6.20 Å². The normalized spacial score (nSPS) is 15.2. The maximum atomic E-state index is 12.1. The number of aromatic amines is 1. The zero-order chi connectivity index (χ0) is 16.9. The number of hydrogen-bond acceptors (Lipinski definition) is 4. The molecule has 126 valence electrons. The van der Waals surface area contributed by atoms with Gasteiger partial charge in [0, 0.05) is 19.0 Å². The Kier molecular flexibility index (Phi) is 4.79. The van der Waals surface area contributed by atoms with Crippen LogP contribution in [0, 0.1) is 0 Å². The number of carbonyl (C=O) groups is 2. The van der Waals surface area contributed by atoms with Crippen LogP contribution in [0.25, 0.3) is 0 Å². The third-order valence-electron chi connectivity index (χ3n) is 4.17. The maximum absolute atomic E-state index is 12.1. The summed E-state index contributed by atoms with van der Waals surface area (Å²) in [5.41, 5.74) is 1.05. The molecule has 1 aromatic carbocycles. The smallest absolute Gasteiger partial charge is 0.410 e. The van der Waals surface area contributed by atoms with Crippen LogP contribution in [0.4, 0.5) is 4.79 Å². The lowest BCUT2D eigenvalue weighted by Gasteiger charge is -2.30. The number of aromatic nitrogens is 2. The van der Waals surface area contributed by atoms with Crippen molar-refractivity contribution in [3.05, 3.63) is 53.6 Å². The number of likely N-dealkylation sites (tertiary alicyclic amines) is 1. The average Bonchev–Trinajstić information content (AvgIpc) is 3.11. The van der Waals surface area contributed by atoms with Gasteiger partial charge in [-0.15, -0.1) is 0 Å². The molecule has 1 amide bonds. The fourth-order valence-corrected chi connectivity index (χ4v) is 2.80. The summed E-state index contributed by atoms with van der Waals surface area (Å²) in [5, 5.41) is 8.92. The van der Waals surface area contributed by atoms with Crippen molar-refractivity contribution in [2.75, 3.05) is 13.1 Å². The summed E-state index contributed by atoms with van der Waals surface area (Å²) in [6.07, 6.45) is 2.47. The van der Waals surface area contributed by atoms with Crippen molar-refractivity contribution >= 4 is 12.1 Å². The van der Waals surface area contributed by atoms with E-state index in [1.807, 2.05) is 30.3 Å². The first kappa shape index (κ1) is 16.0. The highest BCUT2D eigenvalue weighted by Crippen LogP contribution is 2.26. The van der Waals surface area contributed by atoms with Crippen LogP contribution in [0.1, 0.15) is 40.6 Å². The minimum absolute atomic E-state index is 0.0923. The van der Waals surface area contributed by atoms with E-state index < -0.39 is 5.97 Å². The number of nitrogens with one attached hydrogen (secondary N) is 1. The average molecular weight is 329 g/mol. The van der Waals surface area contributed by atoms with Gasteiger partial charge in [-0.25, -0.2) is 14.6 Å². The van der Waals surface area contributed by atoms with E-state index in [0.29, 0.717) is 18.9 Å². The zero-order valence-corrected chi connectivity index (χ0v) is 13.1. The molecule has 0 saturated carbocycles. The van der Waals surface area contributed by atoms with Crippen molar-refractivity contribution in [3.63, 3.8) is 0 Å². The minimum Gasteiger partial charge on any atom is -0.477 e. The number of piperidine rings is 1. The number of amides is 1. The largest absolute Gasteiger partial charge is 0.477 e. The number of H-pyrrole nitrogens is 1. The van der Waals surface area contributed by atoms with Gasteiger partial charge in [-0.3, -0.25) is 0 Å². The van der Waals surface area contributed by atoms with Crippen LogP contribution in [0.15, 0.2) is 36.5 Å². The molecule has 7 nitrogen and oxygen atoms in total. The molecule has 0 aliphatic carbocycles. The molecule has 1 aromatic heterocycles. The van der Waals surface area contributed by atoms with Crippen LogP contribution >= 0.6 is 0 Å². The highest BCUT2D eigenvalue weighted by Gasteiger charge is 2.26. The molecule has 7 heteroatoms. The number of aromatic carboxylic acids is 1. The van der Waals surface area contributed by atoms with Gasteiger partial charge >= 0.3 is 12.1 Å². The van der Waals surface area contributed by atoms with Crippen LogP contribution in [0.3, 0.4) is 0 Å². The van der Waals surface area contributed by atoms with Crippen LogP contribution < -0.4 is 0 Å². The molecule has 1 aliphatic heterocycles. The monoisotopic (exact) mass is 329 g/mol. The Hall–Kier alpha value is -2.83. The van der Waals surface area contributed by atoms with Crippen molar-refractivity contribution in [1.82, 2.24) is 14.9 Å². The van der Waals surface area contributed by atoms with Gasteiger partial charge in [0.2, 0.25) is 0 Å². The summed E-state index contributed by atoms with van der Waals surface area (Å²) in [7, 11) is 0. The third-order valence-corrected chi connectivity index (χ3v) is 4.17. The lowest BCUT2D eigenvalue weighted by atomic mass is 9.96. The van der Waals surface area contributed by atoms with Crippen molar-refractivity contribution in [2.24, 2.45) is 0 Å². The standard InChI is InChI=1S/C17H19N3O4/c21-16(22)14-10-18-15(19-14)13-6-8-20(9-7-13)17(23)24-11-12-4-2-1-3-5-12/h1-5,10,13H,6-9,11H2,(H,18,19)(H,21,22). The number of carboxylic acids is 1. The summed E-state index contributed by atoms with van der Waals surface area (Å²) in [6.45, 7) is 1.41. The van der Waals surface area contributed by atoms with E-state index in [0.717, 1.165) is 18.4 Å². The number of rotatable bonds is 4. The number of benzene rings is 1. The molecule has 1 aliphatic rings. The number of nitrogens with zero attached hydrogens (tertiary/aromatic N) is 2. The van der Waals surface area contributed by atoms with Crippen LogP contribution in [0.2, 0.25) is 0 Å². The van der Waals surface area contributed by atoms with E-state index in [1.165, 1.54) is 6.20 Å². The van der Waals surface area contributed by atoms with E-state index in [4.69, 9.17) is 9.84 Å². The van der Waals surface area contributed by atoms with Gasteiger partial charge in [-0.2, -0.15) is 0 Å². The van der Waals surface area contributed by atoms with Gasteiger partial charge < -0.3 is 19.7 Å². The van der Waals surface area contributed by atoms with Gasteiger partial charge in [0.25, 0.3) is 0 Å². The third kappa shape index (κ3) is 3.73. The number of imidazole rings is 1. The maximum Gasteiger partial charge on any atom is 0.410 e. The Balaban J connectivity index is 1.49. The second-order valence-electron chi connectivity index (χ2n) is 5.79.